The van der Waals surface area contributed by atoms with Gasteiger partial charge in [-0.1, -0.05) is 12.1 Å². The highest BCUT2D eigenvalue weighted by atomic mass is 16.6. The van der Waals surface area contributed by atoms with Gasteiger partial charge in [0.1, 0.15) is 11.2 Å². The molecule has 6 heteroatoms. The number of fused-ring (bicyclic) bond motifs is 3. The average Bonchev–Trinajstić information content (AvgIpc) is 2.59. The second-order valence-corrected chi connectivity index (χ2v) is 11.0. The summed E-state index contributed by atoms with van der Waals surface area (Å²) in [5.74, 6) is -0.0716. The third-order valence-electron chi connectivity index (χ3n) is 6.19. The smallest absolute Gasteiger partial charge is 0.412 e. The Bertz CT molecular complexity index is 811. The molecule has 0 heterocycles. The van der Waals surface area contributed by atoms with Crippen LogP contribution in [-0.2, 0) is 14.3 Å². The van der Waals surface area contributed by atoms with Gasteiger partial charge in [-0.05, 0) is 91.3 Å². The molecule has 0 spiro atoms. The number of ether oxygens (including phenoxy) is 2. The van der Waals surface area contributed by atoms with Crippen molar-refractivity contribution in [2.45, 2.75) is 96.3 Å². The maximum Gasteiger partial charge on any atom is 0.412 e. The molecular formula is C24H36N2O4. The average molecular weight is 417 g/mol. The van der Waals surface area contributed by atoms with Gasteiger partial charge in [-0.25, -0.2) is 4.79 Å². The van der Waals surface area contributed by atoms with Crippen LogP contribution in [0.15, 0.2) is 24.3 Å². The molecule has 3 aliphatic rings. The van der Waals surface area contributed by atoms with Gasteiger partial charge in [-0.2, -0.15) is 0 Å². The van der Waals surface area contributed by atoms with Crippen LogP contribution in [0.2, 0.25) is 0 Å². The lowest BCUT2D eigenvalue weighted by Crippen LogP contribution is -2.59. The van der Waals surface area contributed by atoms with Crippen LogP contribution in [0.25, 0.3) is 0 Å². The van der Waals surface area contributed by atoms with Crippen molar-refractivity contribution in [1.82, 2.24) is 0 Å². The minimum Gasteiger partial charge on any atom is -0.460 e. The van der Waals surface area contributed by atoms with E-state index >= 15 is 0 Å². The molecule has 1 unspecified atom stereocenters. The predicted molar refractivity (Wildman–Crippen MR) is 117 cm³/mol. The summed E-state index contributed by atoms with van der Waals surface area (Å²) in [4.78, 5) is 25.2. The maximum absolute atomic E-state index is 13.1. The molecule has 1 atom stereocenters. The minimum absolute atomic E-state index is 0.0351. The lowest BCUT2D eigenvalue weighted by atomic mass is 9.51. The number of carbonyl (C=O) groups excluding carboxylic acids is 2. The van der Waals surface area contributed by atoms with Gasteiger partial charge in [0.25, 0.3) is 0 Å². The molecule has 30 heavy (non-hydrogen) atoms. The molecule has 0 aliphatic heterocycles. The van der Waals surface area contributed by atoms with Crippen LogP contribution in [0.3, 0.4) is 0 Å². The Kier molecular flexibility index (Phi) is 5.69. The van der Waals surface area contributed by atoms with Gasteiger partial charge in [-0.15, -0.1) is 0 Å². The third-order valence-corrected chi connectivity index (χ3v) is 6.19. The zero-order chi connectivity index (χ0) is 22.4. The quantitative estimate of drug-likeness (QED) is 0.667. The Balaban J connectivity index is 1.81. The largest absolute Gasteiger partial charge is 0.460 e. The van der Waals surface area contributed by atoms with Gasteiger partial charge in [0.05, 0.1) is 5.41 Å². The summed E-state index contributed by atoms with van der Waals surface area (Å²) in [7, 11) is 0. The fraction of sp³-hybridized carbons (Fsp3) is 0.667. The summed E-state index contributed by atoms with van der Waals surface area (Å²) >= 11 is 0. The molecule has 3 aliphatic carbocycles. The van der Waals surface area contributed by atoms with Crippen LogP contribution in [0, 0.1) is 5.41 Å². The summed E-state index contributed by atoms with van der Waals surface area (Å²) in [5.41, 5.74) is 6.65. The minimum atomic E-state index is -0.564. The number of nitrogens with one attached hydrogen (secondary N) is 1. The first-order chi connectivity index (χ1) is 13.7. The fourth-order valence-electron chi connectivity index (χ4n) is 4.72. The summed E-state index contributed by atoms with van der Waals surface area (Å²) in [6, 6.07) is 7.73. The van der Waals surface area contributed by atoms with Gasteiger partial charge >= 0.3 is 12.1 Å². The number of carbonyl (C=O) groups is 2. The van der Waals surface area contributed by atoms with Crippen molar-refractivity contribution in [3.05, 3.63) is 29.8 Å². The van der Waals surface area contributed by atoms with E-state index in [2.05, 4.69) is 5.32 Å². The van der Waals surface area contributed by atoms with Crippen molar-refractivity contribution in [2.24, 2.45) is 11.1 Å². The SMILES string of the molecule is CC(C)(C)OC(=O)Nc1cccc(C2CC3(C(=O)OC(C)(C)C)CCC2(N)CC3)c1. The zero-order valence-corrected chi connectivity index (χ0v) is 19.1. The number of amides is 1. The molecule has 0 radical (unpaired) electrons. The summed E-state index contributed by atoms with van der Waals surface area (Å²) in [6.45, 7) is 11.2. The molecule has 4 rings (SSSR count). The first kappa shape index (κ1) is 22.6. The van der Waals surface area contributed by atoms with E-state index < -0.39 is 22.7 Å². The Hall–Kier alpha value is -2.08. The van der Waals surface area contributed by atoms with Crippen LogP contribution in [0.5, 0.6) is 0 Å². The first-order valence-electron chi connectivity index (χ1n) is 10.8. The van der Waals surface area contributed by atoms with E-state index in [9.17, 15) is 9.59 Å². The first-order valence-corrected chi connectivity index (χ1v) is 10.8. The Morgan fingerprint density at radius 1 is 1.00 bits per heavy atom. The Labute approximate surface area is 179 Å². The van der Waals surface area contributed by atoms with Gasteiger partial charge in [-0.3, -0.25) is 10.1 Å². The molecule has 0 saturated heterocycles. The highest BCUT2D eigenvalue weighted by Crippen LogP contribution is 2.58. The topological polar surface area (TPSA) is 90.6 Å². The monoisotopic (exact) mass is 416 g/mol. The lowest BCUT2D eigenvalue weighted by Gasteiger charge is -2.55. The predicted octanol–water partition coefficient (Wildman–Crippen LogP) is 5.12. The molecule has 0 aromatic heterocycles. The van der Waals surface area contributed by atoms with E-state index in [1.165, 1.54) is 0 Å². The van der Waals surface area contributed by atoms with Crippen molar-refractivity contribution >= 4 is 17.7 Å². The van der Waals surface area contributed by atoms with E-state index in [-0.39, 0.29) is 17.4 Å². The standard InChI is InChI=1S/C24H36N2O4/c1-21(2,3)29-19(27)23-10-12-24(25,13-11-23)18(15-23)16-8-7-9-17(14-16)26-20(28)30-22(4,5)6/h7-9,14,18H,10-13,15,25H2,1-6H3,(H,26,28). The summed E-state index contributed by atoms with van der Waals surface area (Å²) < 4.78 is 11.1. The van der Waals surface area contributed by atoms with E-state index in [1.54, 1.807) is 0 Å². The summed E-state index contributed by atoms with van der Waals surface area (Å²) in [6.07, 6.45) is 3.31. The van der Waals surface area contributed by atoms with Crippen LogP contribution in [-0.4, -0.2) is 28.8 Å². The van der Waals surface area contributed by atoms with Crippen LogP contribution >= 0.6 is 0 Å². The van der Waals surface area contributed by atoms with Crippen LogP contribution < -0.4 is 11.1 Å². The number of rotatable bonds is 3. The molecular weight excluding hydrogens is 380 g/mol. The number of nitrogens with two attached hydrogens (primary N) is 1. The maximum atomic E-state index is 13.1. The molecule has 166 valence electrons. The van der Waals surface area contributed by atoms with E-state index in [4.69, 9.17) is 15.2 Å². The van der Waals surface area contributed by atoms with Crippen LogP contribution in [0.4, 0.5) is 10.5 Å². The van der Waals surface area contributed by atoms with E-state index in [0.717, 1.165) is 31.2 Å². The lowest BCUT2D eigenvalue weighted by molar-refractivity contribution is -0.175. The van der Waals surface area contributed by atoms with Gasteiger partial charge in [0.15, 0.2) is 0 Å². The van der Waals surface area contributed by atoms with Crippen molar-refractivity contribution in [2.75, 3.05) is 5.32 Å². The molecule has 1 aromatic carbocycles. The van der Waals surface area contributed by atoms with E-state index in [1.807, 2.05) is 65.8 Å². The Morgan fingerprint density at radius 2 is 1.60 bits per heavy atom. The van der Waals surface area contributed by atoms with Crippen molar-refractivity contribution in [3.63, 3.8) is 0 Å². The molecule has 3 saturated carbocycles. The highest BCUT2D eigenvalue weighted by molar-refractivity contribution is 5.85. The molecule has 1 amide bonds. The molecule has 6 nitrogen and oxygen atoms in total. The van der Waals surface area contributed by atoms with Crippen molar-refractivity contribution in [1.29, 1.82) is 0 Å². The number of benzene rings is 1. The Morgan fingerprint density at radius 3 is 2.17 bits per heavy atom. The number of esters is 1. The van der Waals surface area contributed by atoms with Gasteiger partial charge in [0.2, 0.25) is 0 Å². The number of hydrogen-bond acceptors (Lipinski definition) is 5. The van der Waals surface area contributed by atoms with Gasteiger partial charge in [0, 0.05) is 17.1 Å². The fourth-order valence-corrected chi connectivity index (χ4v) is 4.72. The second-order valence-electron chi connectivity index (χ2n) is 11.0. The molecule has 3 N–H and O–H groups in total. The number of hydrogen-bond donors (Lipinski definition) is 2. The normalized spacial score (nSPS) is 28.7. The van der Waals surface area contributed by atoms with Crippen LogP contribution in [0.1, 0.15) is 85.1 Å². The zero-order valence-electron chi connectivity index (χ0n) is 19.1. The molecule has 3 fully saturated rings. The van der Waals surface area contributed by atoms with Gasteiger partial charge < -0.3 is 15.2 Å². The highest BCUT2D eigenvalue weighted by Gasteiger charge is 2.57. The molecule has 1 aromatic rings. The second kappa shape index (κ2) is 7.56. The van der Waals surface area contributed by atoms with Crippen molar-refractivity contribution < 1.29 is 19.1 Å². The number of anilines is 1. The third kappa shape index (κ3) is 4.97. The molecule has 2 bridgehead atoms. The summed E-state index contributed by atoms with van der Waals surface area (Å²) in [5, 5.41) is 2.80. The van der Waals surface area contributed by atoms with E-state index in [0.29, 0.717) is 12.1 Å². The van der Waals surface area contributed by atoms with Crippen molar-refractivity contribution in [3.8, 4) is 0 Å².